The highest BCUT2D eigenvalue weighted by Gasteiger charge is 2.22. The van der Waals surface area contributed by atoms with E-state index in [-0.39, 0.29) is 0 Å². The van der Waals surface area contributed by atoms with Gasteiger partial charge in [0.05, 0.1) is 20.3 Å². The lowest BCUT2D eigenvalue weighted by molar-refractivity contribution is 0.122. The Labute approximate surface area is 114 Å². The zero-order chi connectivity index (χ0) is 13.1. The molecule has 2 aliphatic rings. The van der Waals surface area contributed by atoms with Crippen LogP contribution in [0.15, 0.2) is 18.2 Å². The molecule has 104 valence electrons. The molecule has 0 aromatic heterocycles. The molecule has 2 aliphatic heterocycles. The average molecular weight is 262 g/mol. The molecule has 0 spiro atoms. The lowest BCUT2D eigenvalue weighted by atomic mass is 9.96. The van der Waals surface area contributed by atoms with Crippen molar-refractivity contribution in [3.63, 3.8) is 0 Å². The Kier molecular flexibility index (Phi) is 3.89. The maximum Gasteiger partial charge on any atom is 0.122 e. The molecule has 0 amide bonds. The summed E-state index contributed by atoms with van der Waals surface area (Å²) in [6.45, 7) is 5.78. The number of methoxy groups -OCH3 is 1. The molecule has 3 rings (SSSR count). The molecule has 1 atom stereocenters. The first kappa shape index (κ1) is 12.8. The Morgan fingerprint density at radius 1 is 1.32 bits per heavy atom. The molecule has 1 unspecified atom stereocenters. The SMILES string of the molecule is COc1ccc(N2CCOCC2)cc1C1CCNC1. The van der Waals surface area contributed by atoms with Crippen LogP contribution in [0, 0.1) is 0 Å². The van der Waals surface area contributed by atoms with Gasteiger partial charge in [0.1, 0.15) is 5.75 Å². The minimum Gasteiger partial charge on any atom is -0.496 e. The van der Waals surface area contributed by atoms with Crippen LogP contribution >= 0.6 is 0 Å². The van der Waals surface area contributed by atoms with Crippen molar-refractivity contribution in [2.24, 2.45) is 0 Å². The van der Waals surface area contributed by atoms with Gasteiger partial charge < -0.3 is 19.7 Å². The van der Waals surface area contributed by atoms with E-state index in [0.717, 1.165) is 45.1 Å². The zero-order valence-electron chi connectivity index (χ0n) is 11.5. The normalized spacial score (nSPS) is 23.6. The fourth-order valence-electron chi connectivity index (χ4n) is 2.98. The predicted octanol–water partition coefficient (Wildman–Crippen LogP) is 1.61. The van der Waals surface area contributed by atoms with Crippen LogP contribution in [0.3, 0.4) is 0 Å². The van der Waals surface area contributed by atoms with Crippen LogP contribution in [0.4, 0.5) is 5.69 Å². The molecule has 0 bridgehead atoms. The van der Waals surface area contributed by atoms with Gasteiger partial charge in [-0.15, -0.1) is 0 Å². The topological polar surface area (TPSA) is 33.7 Å². The van der Waals surface area contributed by atoms with E-state index in [1.54, 1.807) is 7.11 Å². The standard InChI is InChI=1S/C15H22N2O2/c1-18-15-3-2-13(17-6-8-19-9-7-17)10-14(15)12-4-5-16-11-12/h2-3,10,12,16H,4-9,11H2,1H3. The number of nitrogens with one attached hydrogen (secondary N) is 1. The van der Waals surface area contributed by atoms with E-state index in [9.17, 15) is 0 Å². The molecule has 0 aliphatic carbocycles. The fourth-order valence-corrected chi connectivity index (χ4v) is 2.98. The third-order valence-electron chi connectivity index (χ3n) is 4.09. The molecule has 0 radical (unpaired) electrons. The summed E-state index contributed by atoms with van der Waals surface area (Å²) in [6.07, 6.45) is 1.20. The number of anilines is 1. The van der Waals surface area contributed by atoms with Crippen molar-refractivity contribution in [2.45, 2.75) is 12.3 Å². The highest BCUT2D eigenvalue weighted by atomic mass is 16.5. The molecule has 1 N–H and O–H groups in total. The van der Waals surface area contributed by atoms with Gasteiger partial charge in [-0.2, -0.15) is 0 Å². The lowest BCUT2D eigenvalue weighted by Crippen LogP contribution is -2.36. The molecular formula is C15H22N2O2. The lowest BCUT2D eigenvalue weighted by Gasteiger charge is -2.30. The Hall–Kier alpha value is -1.26. The quantitative estimate of drug-likeness (QED) is 0.897. The van der Waals surface area contributed by atoms with Crippen molar-refractivity contribution >= 4 is 5.69 Å². The summed E-state index contributed by atoms with van der Waals surface area (Å²) >= 11 is 0. The Morgan fingerprint density at radius 3 is 2.84 bits per heavy atom. The molecule has 4 heteroatoms. The van der Waals surface area contributed by atoms with Crippen molar-refractivity contribution < 1.29 is 9.47 Å². The van der Waals surface area contributed by atoms with Crippen LogP contribution in [-0.2, 0) is 4.74 Å². The molecule has 2 saturated heterocycles. The van der Waals surface area contributed by atoms with Crippen molar-refractivity contribution in [2.75, 3.05) is 51.4 Å². The second-order valence-electron chi connectivity index (χ2n) is 5.22. The maximum atomic E-state index is 5.53. The van der Waals surface area contributed by atoms with E-state index in [1.807, 2.05) is 0 Å². The predicted molar refractivity (Wildman–Crippen MR) is 76.3 cm³/mol. The Bertz CT molecular complexity index is 424. The van der Waals surface area contributed by atoms with Gasteiger partial charge in [0.15, 0.2) is 0 Å². The van der Waals surface area contributed by atoms with Crippen molar-refractivity contribution in [3.05, 3.63) is 23.8 Å². The Balaban J connectivity index is 1.87. The summed E-state index contributed by atoms with van der Waals surface area (Å²) in [6, 6.07) is 6.58. The molecule has 2 heterocycles. The van der Waals surface area contributed by atoms with Gasteiger partial charge in [-0.25, -0.2) is 0 Å². The fraction of sp³-hybridized carbons (Fsp3) is 0.600. The van der Waals surface area contributed by atoms with Crippen LogP contribution in [-0.4, -0.2) is 46.5 Å². The van der Waals surface area contributed by atoms with Crippen LogP contribution < -0.4 is 15.0 Å². The van der Waals surface area contributed by atoms with Crippen molar-refractivity contribution in [3.8, 4) is 5.75 Å². The minimum absolute atomic E-state index is 0.580. The summed E-state index contributed by atoms with van der Waals surface area (Å²) in [5.41, 5.74) is 2.64. The number of morpholine rings is 1. The molecule has 2 fully saturated rings. The molecule has 19 heavy (non-hydrogen) atoms. The molecule has 0 saturated carbocycles. The zero-order valence-corrected chi connectivity index (χ0v) is 11.5. The van der Waals surface area contributed by atoms with Gasteiger partial charge >= 0.3 is 0 Å². The van der Waals surface area contributed by atoms with Gasteiger partial charge in [0, 0.05) is 36.8 Å². The number of nitrogens with zero attached hydrogens (tertiary/aromatic N) is 1. The summed E-state index contributed by atoms with van der Waals surface area (Å²) in [5, 5.41) is 3.43. The van der Waals surface area contributed by atoms with Crippen LogP contribution in [0.2, 0.25) is 0 Å². The summed E-state index contributed by atoms with van der Waals surface area (Å²) < 4.78 is 10.9. The van der Waals surface area contributed by atoms with Gasteiger partial charge in [0.2, 0.25) is 0 Å². The summed E-state index contributed by atoms with van der Waals surface area (Å²) in [7, 11) is 1.76. The van der Waals surface area contributed by atoms with Gasteiger partial charge in [-0.1, -0.05) is 0 Å². The maximum absolute atomic E-state index is 5.53. The smallest absolute Gasteiger partial charge is 0.122 e. The molecular weight excluding hydrogens is 240 g/mol. The summed E-state index contributed by atoms with van der Waals surface area (Å²) in [5.74, 6) is 1.60. The van der Waals surface area contributed by atoms with Crippen molar-refractivity contribution in [1.82, 2.24) is 5.32 Å². The number of hydrogen-bond donors (Lipinski definition) is 1. The largest absolute Gasteiger partial charge is 0.496 e. The van der Waals surface area contributed by atoms with Gasteiger partial charge in [-0.3, -0.25) is 0 Å². The highest BCUT2D eigenvalue weighted by Crippen LogP contribution is 2.34. The second-order valence-corrected chi connectivity index (χ2v) is 5.22. The highest BCUT2D eigenvalue weighted by molar-refractivity contribution is 5.54. The van der Waals surface area contributed by atoms with Gasteiger partial charge in [-0.05, 0) is 31.2 Å². The minimum atomic E-state index is 0.580. The van der Waals surface area contributed by atoms with Crippen LogP contribution in [0.25, 0.3) is 0 Å². The first-order valence-corrected chi connectivity index (χ1v) is 7.10. The Morgan fingerprint density at radius 2 is 2.16 bits per heavy atom. The monoisotopic (exact) mass is 262 g/mol. The summed E-state index contributed by atoms with van der Waals surface area (Å²) in [4.78, 5) is 2.40. The van der Waals surface area contributed by atoms with E-state index in [2.05, 4.69) is 28.4 Å². The van der Waals surface area contributed by atoms with Crippen LogP contribution in [0.1, 0.15) is 17.9 Å². The first-order valence-electron chi connectivity index (χ1n) is 7.10. The number of benzene rings is 1. The average Bonchev–Trinajstić information content (AvgIpc) is 3.01. The van der Waals surface area contributed by atoms with E-state index >= 15 is 0 Å². The van der Waals surface area contributed by atoms with E-state index in [4.69, 9.17) is 9.47 Å². The molecule has 4 nitrogen and oxygen atoms in total. The van der Waals surface area contributed by atoms with Gasteiger partial charge in [0.25, 0.3) is 0 Å². The van der Waals surface area contributed by atoms with Crippen molar-refractivity contribution in [1.29, 1.82) is 0 Å². The number of ether oxygens (including phenoxy) is 2. The van der Waals surface area contributed by atoms with E-state index in [0.29, 0.717) is 5.92 Å². The van der Waals surface area contributed by atoms with Crippen LogP contribution in [0.5, 0.6) is 5.75 Å². The first-order chi connectivity index (χ1) is 9.38. The molecule has 1 aromatic carbocycles. The number of hydrogen-bond acceptors (Lipinski definition) is 4. The number of rotatable bonds is 3. The second kappa shape index (κ2) is 5.80. The molecule has 1 aromatic rings. The van der Waals surface area contributed by atoms with E-state index in [1.165, 1.54) is 17.7 Å². The van der Waals surface area contributed by atoms with E-state index < -0.39 is 0 Å². The third kappa shape index (κ3) is 2.69. The third-order valence-corrected chi connectivity index (χ3v) is 4.09.